The molecule has 0 atom stereocenters. The molecule has 64 valence electrons. The van der Waals surface area contributed by atoms with Crippen LogP contribution in [0.5, 0.6) is 0 Å². The molecule has 1 saturated carbocycles. The van der Waals surface area contributed by atoms with Crippen LogP contribution in [0.15, 0.2) is 12.3 Å². The van der Waals surface area contributed by atoms with Crippen LogP contribution in [0.25, 0.3) is 0 Å². The Morgan fingerprint density at radius 2 is 2.08 bits per heavy atom. The maximum absolute atomic E-state index is 9.70. The molecule has 0 bridgehead atoms. The molecule has 1 fully saturated rings. The third kappa shape index (κ3) is 1.30. The molecule has 0 saturated heterocycles. The van der Waals surface area contributed by atoms with Gasteiger partial charge in [0.25, 0.3) is 0 Å². The summed E-state index contributed by atoms with van der Waals surface area (Å²) in [5, 5.41) is 10.6. The highest BCUT2D eigenvalue weighted by atomic mass is 35.5. The molecule has 12 heavy (non-hydrogen) atoms. The second-order valence-corrected chi connectivity index (χ2v) is 3.81. The van der Waals surface area contributed by atoms with E-state index in [9.17, 15) is 5.11 Å². The first-order valence-corrected chi connectivity index (χ1v) is 4.41. The Hall–Kier alpha value is -0.310. The monoisotopic (exact) mass is 203 g/mol. The van der Waals surface area contributed by atoms with Crippen molar-refractivity contribution in [3.05, 3.63) is 28.0 Å². The highest BCUT2D eigenvalue weighted by Crippen LogP contribution is 2.47. The number of aromatic nitrogens is 1. The van der Waals surface area contributed by atoms with Crippen molar-refractivity contribution in [2.75, 3.05) is 0 Å². The maximum atomic E-state index is 9.70. The first-order chi connectivity index (χ1) is 5.62. The zero-order chi connectivity index (χ0) is 8.77. The molecule has 2 rings (SSSR count). The molecule has 1 aromatic heterocycles. The van der Waals surface area contributed by atoms with Crippen LogP contribution in [-0.4, -0.2) is 10.1 Å². The van der Waals surface area contributed by atoms with Crippen molar-refractivity contribution < 1.29 is 5.11 Å². The van der Waals surface area contributed by atoms with E-state index < -0.39 is 5.60 Å². The van der Waals surface area contributed by atoms with E-state index in [1.54, 1.807) is 6.07 Å². The summed E-state index contributed by atoms with van der Waals surface area (Å²) in [6.07, 6.45) is 3.06. The van der Waals surface area contributed by atoms with Gasteiger partial charge in [0.2, 0.25) is 0 Å². The topological polar surface area (TPSA) is 33.1 Å². The predicted molar refractivity (Wildman–Crippen MR) is 47.4 cm³/mol. The lowest BCUT2D eigenvalue weighted by Gasteiger charge is -2.08. The second-order valence-electron chi connectivity index (χ2n) is 3.02. The number of pyridine rings is 1. The summed E-state index contributed by atoms with van der Waals surface area (Å²) in [7, 11) is 0. The predicted octanol–water partition coefficient (Wildman–Crippen LogP) is 2.37. The van der Waals surface area contributed by atoms with Crippen LogP contribution in [0.3, 0.4) is 0 Å². The molecule has 1 aromatic rings. The van der Waals surface area contributed by atoms with Crippen LogP contribution < -0.4 is 0 Å². The lowest BCUT2D eigenvalue weighted by Crippen LogP contribution is -2.05. The van der Waals surface area contributed by atoms with E-state index in [1.165, 1.54) is 6.20 Å². The average Bonchev–Trinajstić information content (AvgIpc) is 2.68. The van der Waals surface area contributed by atoms with Gasteiger partial charge in [-0.25, -0.2) is 4.98 Å². The minimum Gasteiger partial charge on any atom is -0.385 e. The normalized spacial score (nSPS) is 19.2. The fraction of sp³-hybridized carbons (Fsp3) is 0.375. The Morgan fingerprint density at radius 1 is 1.42 bits per heavy atom. The molecular weight excluding hydrogens is 197 g/mol. The van der Waals surface area contributed by atoms with Gasteiger partial charge in [-0.1, -0.05) is 23.2 Å². The SMILES string of the molecule is OC1(c2cnc(Cl)cc2Cl)CC1. The largest absolute Gasteiger partial charge is 0.385 e. The molecular formula is C8H7Cl2NO. The summed E-state index contributed by atoms with van der Waals surface area (Å²) in [5.74, 6) is 0. The van der Waals surface area contributed by atoms with Gasteiger partial charge in [0.15, 0.2) is 0 Å². The standard InChI is InChI=1S/C8H7Cl2NO/c9-6-3-7(10)11-4-5(6)8(12)1-2-8/h3-4,12H,1-2H2. The molecule has 1 N–H and O–H groups in total. The Morgan fingerprint density at radius 3 is 2.58 bits per heavy atom. The number of hydrogen-bond acceptors (Lipinski definition) is 2. The van der Waals surface area contributed by atoms with Crippen molar-refractivity contribution in [1.29, 1.82) is 0 Å². The Balaban J connectivity index is 2.45. The summed E-state index contributed by atoms with van der Waals surface area (Å²) in [6.45, 7) is 0. The third-order valence-electron chi connectivity index (χ3n) is 2.05. The van der Waals surface area contributed by atoms with E-state index in [0.717, 1.165) is 12.8 Å². The van der Waals surface area contributed by atoms with Gasteiger partial charge in [0.05, 0.1) is 10.6 Å². The van der Waals surface area contributed by atoms with Gasteiger partial charge in [-0.2, -0.15) is 0 Å². The van der Waals surface area contributed by atoms with E-state index in [4.69, 9.17) is 23.2 Å². The molecule has 0 radical (unpaired) electrons. The molecule has 0 spiro atoms. The molecule has 0 unspecified atom stereocenters. The van der Waals surface area contributed by atoms with Crippen LogP contribution in [0, 0.1) is 0 Å². The molecule has 1 aliphatic carbocycles. The first kappa shape index (κ1) is 8.30. The quantitative estimate of drug-likeness (QED) is 0.712. The Labute approximate surface area is 80.1 Å². The molecule has 4 heteroatoms. The zero-order valence-corrected chi connectivity index (χ0v) is 7.73. The molecule has 0 aliphatic heterocycles. The van der Waals surface area contributed by atoms with Crippen LogP contribution in [0.2, 0.25) is 10.2 Å². The summed E-state index contributed by atoms with van der Waals surface area (Å²) in [5.41, 5.74) is -0.0390. The van der Waals surface area contributed by atoms with Crippen LogP contribution in [0.4, 0.5) is 0 Å². The number of rotatable bonds is 1. The molecule has 2 nitrogen and oxygen atoms in total. The van der Waals surface area contributed by atoms with E-state index in [-0.39, 0.29) is 0 Å². The van der Waals surface area contributed by atoms with Crippen molar-refractivity contribution in [1.82, 2.24) is 4.98 Å². The Kier molecular flexibility index (Phi) is 1.79. The van der Waals surface area contributed by atoms with Gasteiger partial charge >= 0.3 is 0 Å². The van der Waals surface area contributed by atoms with Crippen molar-refractivity contribution >= 4 is 23.2 Å². The fourth-order valence-corrected chi connectivity index (χ4v) is 1.68. The highest BCUT2D eigenvalue weighted by Gasteiger charge is 2.43. The van der Waals surface area contributed by atoms with Crippen molar-refractivity contribution in [3.8, 4) is 0 Å². The third-order valence-corrected chi connectivity index (χ3v) is 2.56. The van der Waals surface area contributed by atoms with E-state index in [0.29, 0.717) is 15.7 Å². The summed E-state index contributed by atoms with van der Waals surface area (Å²) < 4.78 is 0. The first-order valence-electron chi connectivity index (χ1n) is 3.66. The van der Waals surface area contributed by atoms with E-state index >= 15 is 0 Å². The minimum atomic E-state index is -0.728. The zero-order valence-electron chi connectivity index (χ0n) is 6.22. The number of nitrogens with zero attached hydrogens (tertiary/aromatic N) is 1. The average molecular weight is 204 g/mol. The summed E-state index contributed by atoms with van der Waals surface area (Å²) in [4.78, 5) is 3.87. The molecule has 1 aliphatic rings. The molecule has 0 aromatic carbocycles. The number of halogens is 2. The Bertz CT molecular complexity index is 323. The number of aliphatic hydroxyl groups is 1. The van der Waals surface area contributed by atoms with Gasteiger partial charge < -0.3 is 5.11 Å². The summed E-state index contributed by atoms with van der Waals surface area (Å²) in [6, 6.07) is 1.55. The van der Waals surface area contributed by atoms with E-state index in [2.05, 4.69) is 4.98 Å². The van der Waals surface area contributed by atoms with Gasteiger partial charge in [0, 0.05) is 11.8 Å². The van der Waals surface area contributed by atoms with Crippen molar-refractivity contribution in [2.45, 2.75) is 18.4 Å². The van der Waals surface area contributed by atoms with Crippen LogP contribution in [0.1, 0.15) is 18.4 Å². The van der Waals surface area contributed by atoms with Gasteiger partial charge in [0.1, 0.15) is 5.15 Å². The fourth-order valence-electron chi connectivity index (χ4n) is 1.14. The second kappa shape index (κ2) is 2.59. The van der Waals surface area contributed by atoms with Gasteiger partial charge in [-0.05, 0) is 18.9 Å². The van der Waals surface area contributed by atoms with Gasteiger partial charge in [-0.15, -0.1) is 0 Å². The van der Waals surface area contributed by atoms with Gasteiger partial charge in [-0.3, -0.25) is 0 Å². The van der Waals surface area contributed by atoms with E-state index in [1.807, 2.05) is 0 Å². The lowest BCUT2D eigenvalue weighted by molar-refractivity contribution is 0.151. The van der Waals surface area contributed by atoms with Crippen LogP contribution in [-0.2, 0) is 5.60 Å². The summed E-state index contributed by atoms with van der Waals surface area (Å²) >= 11 is 11.5. The number of hydrogen-bond donors (Lipinski definition) is 1. The smallest absolute Gasteiger partial charge is 0.130 e. The molecule has 0 amide bonds. The van der Waals surface area contributed by atoms with Crippen molar-refractivity contribution in [2.24, 2.45) is 0 Å². The van der Waals surface area contributed by atoms with Crippen molar-refractivity contribution in [3.63, 3.8) is 0 Å². The molecule has 1 heterocycles. The highest BCUT2D eigenvalue weighted by molar-refractivity contribution is 6.34. The van der Waals surface area contributed by atoms with Crippen LogP contribution >= 0.6 is 23.2 Å². The maximum Gasteiger partial charge on any atom is 0.130 e. The minimum absolute atomic E-state index is 0.355. The lowest BCUT2D eigenvalue weighted by atomic mass is 10.1.